The molecule has 0 saturated carbocycles. The van der Waals surface area contributed by atoms with Gasteiger partial charge in [-0.05, 0) is 44.7 Å². The summed E-state index contributed by atoms with van der Waals surface area (Å²) < 4.78 is 46.7. The summed E-state index contributed by atoms with van der Waals surface area (Å²) in [6.45, 7) is 6.68. The van der Waals surface area contributed by atoms with Crippen molar-refractivity contribution in [1.82, 2.24) is 0 Å². The van der Waals surface area contributed by atoms with E-state index in [1.54, 1.807) is 24.3 Å². The topological polar surface area (TPSA) is 88.1 Å². The molecule has 1 heterocycles. The Labute approximate surface area is 275 Å². The van der Waals surface area contributed by atoms with Crippen LogP contribution in [0.5, 0.6) is 0 Å². The Hall–Kier alpha value is -1.48. The molecule has 0 bridgehead atoms. The number of hydrogen-bond acceptors (Lipinski definition) is 7. The van der Waals surface area contributed by atoms with E-state index in [9.17, 15) is 13.2 Å². The van der Waals surface area contributed by atoms with Crippen LogP contribution in [0.25, 0.3) is 0 Å². The van der Waals surface area contributed by atoms with Gasteiger partial charge in [-0.15, -0.1) is 0 Å². The third-order valence-corrected chi connectivity index (χ3v) is 9.99. The lowest BCUT2D eigenvalue weighted by atomic mass is 10.0. The highest BCUT2D eigenvalue weighted by molar-refractivity contribution is 7.86. The molecule has 0 aromatic heterocycles. The number of carbonyl (C=O) groups excluding carboxylic acids is 1. The Kier molecular flexibility index (Phi) is 22.6. The minimum atomic E-state index is -3.74. The smallest absolute Gasteiger partial charge is 0.305 e. The Morgan fingerprint density at radius 1 is 0.733 bits per heavy atom. The lowest BCUT2D eigenvalue weighted by Gasteiger charge is -2.11. The Morgan fingerprint density at radius 3 is 1.87 bits per heavy atom. The van der Waals surface area contributed by atoms with Gasteiger partial charge in [-0.25, -0.2) is 0 Å². The van der Waals surface area contributed by atoms with Crippen LogP contribution in [0.2, 0.25) is 0 Å². The highest BCUT2D eigenvalue weighted by Crippen LogP contribution is 2.21. The minimum absolute atomic E-state index is 0.0888. The normalized spacial score (nSPS) is 16.8. The van der Waals surface area contributed by atoms with Crippen molar-refractivity contribution in [1.29, 1.82) is 0 Å². The zero-order chi connectivity index (χ0) is 32.4. The van der Waals surface area contributed by atoms with Crippen molar-refractivity contribution in [2.45, 2.75) is 160 Å². The second-order valence-corrected chi connectivity index (χ2v) is 14.6. The van der Waals surface area contributed by atoms with Gasteiger partial charge in [0.2, 0.25) is 0 Å². The number of ether oxygens (including phenoxy) is 3. The van der Waals surface area contributed by atoms with E-state index in [0.717, 1.165) is 25.0 Å². The Morgan fingerprint density at radius 2 is 1.27 bits per heavy atom. The first kappa shape index (κ1) is 39.7. The number of rotatable bonds is 29. The molecule has 1 fully saturated rings. The fourth-order valence-corrected chi connectivity index (χ4v) is 6.69. The first-order chi connectivity index (χ1) is 21.9. The number of esters is 1. The number of hydrogen-bond donors (Lipinski definition) is 0. The average molecular weight is 653 g/mol. The van der Waals surface area contributed by atoms with Crippen LogP contribution in [-0.2, 0) is 33.3 Å². The van der Waals surface area contributed by atoms with Gasteiger partial charge in [0.15, 0.2) is 0 Å². The van der Waals surface area contributed by atoms with E-state index in [1.165, 1.54) is 96.3 Å². The summed E-state index contributed by atoms with van der Waals surface area (Å²) in [6, 6.07) is 6.59. The van der Waals surface area contributed by atoms with E-state index in [4.69, 9.17) is 18.4 Å². The number of carbonyl (C=O) groups is 1. The maximum Gasteiger partial charge on any atom is 0.305 e. The summed E-state index contributed by atoms with van der Waals surface area (Å²) in [7, 11) is -3.74. The summed E-state index contributed by atoms with van der Waals surface area (Å²) >= 11 is 0. The van der Waals surface area contributed by atoms with Crippen LogP contribution in [-0.4, -0.2) is 53.5 Å². The van der Waals surface area contributed by atoms with Gasteiger partial charge in [0.05, 0.1) is 37.4 Å². The van der Waals surface area contributed by atoms with Gasteiger partial charge in [-0.2, -0.15) is 8.42 Å². The molecule has 0 aliphatic carbocycles. The summed E-state index contributed by atoms with van der Waals surface area (Å²) in [5, 5.41) is 0. The van der Waals surface area contributed by atoms with E-state index in [0.29, 0.717) is 45.5 Å². The molecule has 1 aliphatic rings. The average Bonchev–Trinajstić information content (AvgIpc) is 3.49. The molecule has 1 saturated heterocycles. The van der Waals surface area contributed by atoms with E-state index in [1.807, 2.05) is 6.92 Å². The van der Waals surface area contributed by atoms with E-state index < -0.39 is 10.1 Å². The lowest BCUT2D eigenvalue weighted by molar-refractivity contribution is -0.145. The molecule has 0 spiro atoms. The van der Waals surface area contributed by atoms with Gasteiger partial charge in [0.1, 0.15) is 0 Å². The molecule has 0 amide bonds. The number of aryl methyl sites for hydroxylation is 1. The second-order valence-electron chi connectivity index (χ2n) is 13.0. The summed E-state index contributed by atoms with van der Waals surface area (Å²) in [5.74, 6) is 0.00451. The second kappa shape index (κ2) is 25.6. The van der Waals surface area contributed by atoms with Crippen molar-refractivity contribution >= 4 is 16.1 Å². The number of benzene rings is 1. The van der Waals surface area contributed by atoms with Gasteiger partial charge in [0.25, 0.3) is 10.1 Å². The molecular weight excluding hydrogens is 588 g/mol. The Balaban J connectivity index is 1.32. The molecule has 0 N–H and O–H groups in total. The molecule has 260 valence electrons. The van der Waals surface area contributed by atoms with E-state index in [2.05, 4.69) is 6.92 Å². The fourth-order valence-electron chi connectivity index (χ4n) is 5.75. The molecule has 8 heteroatoms. The maximum absolute atomic E-state index is 12.2. The molecule has 7 nitrogen and oxygen atoms in total. The van der Waals surface area contributed by atoms with Crippen molar-refractivity contribution in [3.8, 4) is 0 Å². The zero-order valence-electron chi connectivity index (χ0n) is 28.6. The first-order valence-corrected chi connectivity index (χ1v) is 19.6. The molecule has 0 radical (unpaired) electrons. The van der Waals surface area contributed by atoms with Crippen LogP contribution in [0, 0.1) is 12.8 Å². The van der Waals surface area contributed by atoms with Crippen molar-refractivity contribution in [2.75, 3.05) is 33.0 Å². The quantitative estimate of drug-likeness (QED) is 0.0484. The van der Waals surface area contributed by atoms with Crippen LogP contribution in [0.3, 0.4) is 0 Å². The standard InChI is InChI=1S/C37H64O7S/c1-3-4-5-6-7-8-9-10-11-12-13-14-15-16-17-20-27-41-32-35-29-34(30-42-35)31-43-37(38)22-19-18-21-28-44-45(39,40)36-25-23-33(2)24-26-36/h23-26,34-35H,3-22,27-32H2,1-2H3/t34-,35+/m1/s1. The molecule has 2 rings (SSSR count). The molecule has 1 aliphatic heterocycles. The van der Waals surface area contributed by atoms with Crippen LogP contribution in [0.15, 0.2) is 29.2 Å². The summed E-state index contributed by atoms with van der Waals surface area (Å²) in [5.41, 5.74) is 0.992. The predicted molar refractivity (Wildman–Crippen MR) is 182 cm³/mol. The van der Waals surface area contributed by atoms with E-state index in [-0.39, 0.29) is 29.5 Å². The van der Waals surface area contributed by atoms with E-state index >= 15 is 0 Å². The highest BCUT2D eigenvalue weighted by atomic mass is 32.2. The third kappa shape index (κ3) is 20.4. The maximum atomic E-state index is 12.2. The van der Waals surface area contributed by atoms with Crippen molar-refractivity contribution in [3.63, 3.8) is 0 Å². The van der Waals surface area contributed by atoms with Crippen LogP contribution < -0.4 is 0 Å². The minimum Gasteiger partial charge on any atom is -0.465 e. The van der Waals surface area contributed by atoms with Gasteiger partial charge >= 0.3 is 5.97 Å². The van der Waals surface area contributed by atoms with Gasteiger partial charge in [0, 0.05) is 18.9 Å². The lowest BCUT2D eigenvalue weighted by Crippen LogP contribution is -2.16. The SMILES string of the molecule is CCCCCCCCCCCCCCCCCCOC[C@@H]1C[C@@H](COC(=O)CCCCCOS(=O)(=O)c2ccc(C)cc2)CO1. The largest absolute Gasteiger partial charge is 0.465 e. The van der Waals surface area contributed by atoms with Gasteiger partial charge in [-0.1, -0.05) is 127 Å². The van der Waals surface area contributed by atoms with Crippen molar-refractivity contribution in [2.24, 2.45) is 5.92 Å². The van der Waals surface area contributed by atoms with Crippen LogP contribution >= 0.6 is 0 Å². The molecule has 2 atom stereocenters. The Bertz CT molecular complexity index is 963. The highest BCUT2D eigenvalue weighted by Gasteiger charge is 2.26. The molecule has 1 aromatic carbocycles. The first-order valence-electron chi connectivity index (χ1n) is 18.2. The molecule has 0 unspecified atom stereocenters. The van der Waals surface area contributed by atoms with Gasteiger partial charge in [-0.3, -0.25) is 8.98 Å². The van der Waals surface area contributed by atoms with Crippen molar-refractivity contribution in [3.05, 3.63) is 29.8 Å². The monoisotopic (exact) mass is 652 g/mol. The summed E-state index contributed by atoms with van der Waals surface area (Å²) in [4.78, 5) is 12.3. The third-order valence-electron chi connectivity index (χ3n) is 8.66. The molecule has 1 aromatic rings. The molecule has 45 heavy (non-hydrogen) atoms. The fraction of sp³-hybridized carbons (Fsp3) is 0.811. The summed E-state index contributed by atoms with van der Waals surface area (Å²) in [6.07, 6.45) is 25.1. The van der Waals surface area contributed by atoms with Gasteiger partial charge < -0.3 is 14.2 Å². The van der Waals surface area contributed by atoms with Crippen molar-refractivity contribution < 1.29 is 31.6 Å². The number of unbranched alkanes of at least 4 members (excludes halogenated alkanes) is 17. The predicted octanol–water partition coefficient (Wildman–Crippen LogP) is 9.49. The zero-order valence-corrected chi connectivity index (χ0v) is 29.4. The van der Waals surface area contributed by atoms with Crippen LogP contribution in [0.4, 0.5) is 0 Å². The molecular formula is C37H64O7S. The van der Waals surface area contributed by atoms with Crippen LogP contribution in [0.1, 0.15) is 147 Å².